The second kappa shape index (κ2) is 6.54. The zero-order valence-corrected chi connectivity index (χ0v) is 13.0. The van der Waals surface area contributed by atoms with Crippen LogP contribution in [0.2, 0.25) is 0 Å². The summed E-state index contributed by atoms with van der Waals surface area (Å²) >= 11 is 5.27. The number of aryl methyl sites for hydroxylation is 2. The van der Waals surface area contributed by atoms with Crippen molar-refractivity contribution in [1.82, 2.24) is 0 Å². The van der Waals surface area contributed by atoms with Crippen molar-refractivity contribution in [3.63, 3.8) is 0 Å². The molecule has 5 heteroatoms. The summed E-state index contributed by atoms with van der Waals surface area (Å²) in [5.41, 5.74) is 3.41. The number of rotatable bonds is 3. The SMILES string of the molecule is COc1ccc(C)cc1NC(=S)Nc1cc(F)ccc1C. The van der Waals surface area contributed by atoms with Crippen LogP contribution in [-0.4, -0.2) is 12.2 Å². The first kappa shape index (κ1) is 15.3. The quantitative estimate of drug-likeness (QED) is 0.830. The fraction of sp³-hybridized carbons (Fsp3) is 0.188. The maximum absolute atomic E-state index is 13.3. The van der Waals surface area contributed by atoms with E-state index in [4.69, 9.17) is 17.0 Å². The molecule has 0 radical (unpaired) electrons. The third kappa shape index (κ3) is 3.92. The molecule has 0 amide bonds. The van der Waals surface area contributed by atoms with Crippen LogP contribution in [0, 0.1) is 19.7 Å². The average molecular weight is 304 g/mol. The van der Waals surface area contributed by atoms with Crippen LogP contribution in [0.3, 0.4) is 0 Å². The molecule has 0 saturated carbocycles. The number of hydrogen-bond donors (Lipinski definition) is 2. The van der Waals surface area contributed by atoms with E-state index < -0.39 is 0 Å². The molecule has 2 aromatic carbocycles. The van der Waals surface area contributed by atoms with Crippen LogP contribution < -0.4 is 15.4 Å². The van der Waals surface area contributed by atoms with E-state index in [1.54, 1.807) is 13.2 Å². The Kier molecular flexibility index (Phi) is 4.75. The van der Waals surface area contributed by atoms with Crippen LogP contribution in [0.4, 0.5) is 15.8 Å². The average Bonchev–Trinajstić information content (AvgIpc) is 2.43. The van der Waals surface area contributed by atoms with Crippen molar-refractivity contribution in [2.24, 2.45) is 0 Å². The van der Waals surface area contributed by atoms with Crippen molar-refractivity contribution in [2.45, 2.75) is 13.8 Å². The smallest absolute Gasteiger partial charge is 0.175 e. The van der Waals surface area contributed by atoms with Crippen molar-refractivity contribution in [2.75, 3.05) is 17.7 Å². The van der Waals surface area contributed by atoms with Crippen LogP contribution in [0.5, 0.6) is 5.75 Å². The number of thiocarbonyl (C=S) groups is 1. The number of nitrogens with one attached hydrogen (secondary N) is 2. The van der Waals surface area contributed by atoms with Gasteiger partial charge in [0, 0.05) is 5.69 Å². The first-order valence-corrected chi connectivity index (χ1v) is 6.89. The fourth-order valence-corrected chi connectivity index (χ4v) is 2.14. The number of methoxy groups -OCH3 is 1. The number of anilines is 2. The Balaban J connectivity index is 2.15. The van der Waals surface area contributed by atoms with Gasteiger partial charge in [0.1, 0.15) is 11.6 Å². The van der Waals surface area contributed by atoms with Gasteiger partial charge in [-0.05, 0) is 61.5 Å². The molecule has 0 atom stereocenters. The second-order valence-electron chi connectivity index (χ2n) is 4.74. The standard InChI is InChI=1S/C16H17FN2OS/c1-10-4-7-15(20-3)14(8-10)19-16(21)18-13-9-12(17)6-5-11(13)2/h4-9H,1-3H3,(H2,18,19,21). The number of hydrogen-bond acceptors (Lipinski definition) is 2. The second-order valence-corrected chi connectivity index (χ2v) is 5.15. The zero-order chi connectivity index (χ0) is 15.4. The summed E-state index contributed by atoms with van der Waals surface area (Å²) in [4.78, 5) is 0. The monoisotopic (exact) mass is 304 g/mol. The number of benzene rings is 2. The molecule has 0 aliphatic rings. The highest BCUT2D eigenvalue weighted by Crippen LogP contribution is 2.25. The highest BCUT2D eigenvalue weighted by molar-refractivity contribution is 7.80. The summed E-state index contributed by atoms with van der Waals surface area (Å²) < 4.78 is 18.6. The highest BCUT2D eigenvalue weighted by atomic mass is 32.1. The topological polar surface area (TPSA) is 33.3 Å². The Bertz CT molecular complexity index is 673. The van der Waals surface area contributed by atoms with E-state index in [-0.39, 0.29) is 5.82 Å². The molecule has 0 saturated heterocycles. The molecular formula is C16H17FN2OS. The van der Waals surface area contributed by atoms with Crippen LogP contribution in [0.15, 0.2) is 36.4 Å². The summed E-state index contributed by atoms with van der Waals surface area (Å²) in [7, 11) is 1.60. The third-order valence-corrected chi connectivity index (χ3v) is 3.26. The Labute approximate surface area is 129 Å². The van der Waals surface area contributed by atoms with E-state index in [0.717, 1.165) is 16.8 Å². The summed E-state index contributed by atoms with van der Waals surface area (Å²) in [5.74, 6) is 0.389. The van der Waals surface area contributed by atoms with Crippen molar-refractivity contribution in [3.05, 3.63) is 53.3 Å². The minimum atomic E-state index is -0.306. The Hall–Kier alpha value is -2.14. The lowest BCUT2D eigenvalue weighted by atomic mass is 10.2. The van der Waals surface area contributed by atoms with E-state index in [1.165, 1.54) is 12.1 Å². The molecule has 21 heavy (non-hydrogen) atoms. The van der Waals surface area contributed by atoms with Crippen molar-refractivity contribution in [3.8, 4) is 5.75 Å². The predicted molar refractivity (Wildman–Crippen MR) is 88.7 cm³/mol. The van der Waals surface area contributed by atoms with Gasteiger partial charge in [-0.15, -0.1) is 0 Å². The van der Waals surface area contributed by atoms with E-state index >= 15 is 0 Å². The fourth-order valence-electron chi connectivity index (χ4n) is 1.92. The normalized spacial score (nSPS) is 10.1. The van der Waals surface area contributed by atoms with Gasteiger partial charge in [-0.3, -0.25) is 0 Å². The van der Waals surface area contributed by atoms with E-state index in [1.807, 2.05) is 32.0 Å². The molecule has 2 rings (SSSR count). The molecule has 110 valence electrons. The van der Waals surface area contributed by atoms with Crippen LogP contribution in [0.1, 0.15) is 11.1 Å². The summed E-state index contributed by atoms with van der Waals surface area (Å²) in [6.07, 6.45) is 0. The Morgan fingerprint density at radius 2 is 1.76 bits per heavy atom. The number of ether oxygens (including phenoxy) is 1. The van der Waals surface area contributed by atoms with Gasteiger partial charge in [0.05, 0.1) is 12.8 Å². The molecule has 0 aliphatic carbocycles. The molecule has 0 unspecified atom stereocenters. The Morgan fingerprint density at radius 3 is 2.48 bits per heavy atom. The van der Waals surface area contributed by atoms with E-state index in [0.29, 0.717) is 16.5 Å². The zero-order valence-electron chi connectivity index (χ0n) is 12.2. The number of halogens is 1. The molecule has 3 nitrogen and oxygen atoms in total. The lowest BCUT2D eigenvalue weighted by molar-refractivity contribution is 0.417. The van der Waals surface area contributed by atoms with Gasteiger partial charge in [-0.1, -0.05) is 12.1 Å². The molecule has 0 fully saturated rings. The first-order valence-electron chi connectivity index (χ1n) is 6.48. The van der Waals surface area contributed by atoms with E-state index in [9.17, 15) is 4.39 Å². The Morgan fingerprint density at radius 1 is 1.05 bits per heavy atom. The maximum atomic E-state index is 13.3. The van der Waals surface area contributed by atoms with Crippen LogP contribution in [0.25, 0.3) is 0 Å². The lowest BCUT2D eigenvalue weighted by Gasteiger charge is -2.15. The van der Waals surface area contributed by atoms with Gasteiger partial charge in [-0.2, -0.15) is 0 Å². The van der Waals surface area contributed by atoms with E-state index in [2.05, 4.69) is 10.6 Å². The van der Waals surface area contributed by atoms with Gasteiger partial charge < -0.3 is 15.4 Å². The summed E-state index contributed by atoms with van der Waals surface area (Å²) in [6, 6.07) is 10.3. The van der Waals surface area contributed by atoms with Gasteiger partial charge >= 0.3 is 0 Å². The summed E-state index contributed by atoms with van der Waals surface area (Å²) in [5, 5.41) is 6.45. The lowest BCUT2D eigenvalue weighted by Crippen LogP contribution is -2.20. The summed E-state index contributed by atoms with van der Waals surface area (Å²) in [6.45, 7) is 3.87. The predicted octanol–water partition coefficient (Wildman–Crippen LogP) is 4.26. The van der Waals surface area contributed by atoms with Crippen LogP contribution in [-0.2, 0) is 0 Å². The van der Waals surface area contributed by atoms with Crippen molar-refractivity contribution >= 4 is 28.7 Å². The first-order chi connectivity index (χ1) is 9.99. The minimum Gasteiger partial charge on any atom is -0.495 e. The van der Waals surface area contributed by atoms with Gasteiger partial charge in [0.15, 0.2) is 5.11 Å². The molecule has 0 aromatic heterocycles. The third-order valence-electron chi connectivity index (χ3n) is 3.05. The maximum Gasteiger partial charge on any atom is 0.175 e. The molecule has 2 aromatic rings. The molecular weight excluding hydrogens is 287 g/mol. The van der Waals surface area contributed by atoms with Gasteiger partial charge in [-0.25, -0.2) is 4.39 Å². The van der Waals surface area contributed by atoms with Crippen molar-refractivity contribution < 1.29 is 9.13 Å². The molecule has 0 heterocycles. The van der Waals surface area contributed by atoms with Crippen molar-refractivity contribution in [1.29, 1.82) is 0 Å². The molecule has 0 aliphatic heterocycles. The molecule has 0 bridgehead atoms. The van der Waals surface area contributed by atoms with Gasteiger partial charge in [0.25, 0.3) is 0 Å². The minimum absolute atomic E-state index is 0.306. The van der Waals surface area contributed by atoms with Crippen LogP contribution >= 0.6 is 12.2 Å². The van der Waals surface area contributed by atoms with Gasteiger partial charge in [0.2, 0.25) is 0 Å². The molecule has 0 spiro atoms. The largest absolute Gasteiger partial charge is 0.495 e. The highest BCUT2D eigenvalue weighted by Gasteiger charge is 2.07. The molecule has 2 N–H and O–H groups in total.